The number of nitrogens with two attached hydrogens (primary N) is 2. The molecule has 0 bridgehead atoms. The third-order valence-electron chi connectivity index (χ3n) is 0.981. The van der Waals surface area contributed by atoms with Gasteiger partial charge in [-0.05, 0) is 13.8 Å². The minimum atomic E-state index is -1.08. The molecule has 0 aliphatic carbocycles. The molecule has 0 unspecified atom stereocenters. The fraction of sp³-hybridized carbons (Fsp3) is 0.600. The Labute approximate surface area is 136 Å². The molecule has 0 heterocycles. The second-order valence-corrected chi connectivity index (χ2v) is 2.87. The summed E-state index contributed by atoms with van der Waals surface area (Å²) in [6.45, 7) is 5.57. The average Bonchev–Trinajstić information content (AvgIpc) is 2.36. The molecule has 0 aromatic heterocycles. The molecule has 0 saturated heterocycles. The van der Waals surface area contributed by atoms with Gasteiger partial charge in [-0.25, -0.2) is 0 Å². The van der Waals surface area contributed by atoms with Crippen molar-refractivity contribution < 1.29 is 49.7 Å². The summed E-state index contributed by atoms with van der Waals surface area (Å²) in [5, 5.41) is 38.8. The minimum Gasteiger partial charge on any atom is -0.550 e. The molecule has 0 radical (unpaired) electrons. The number of nitrogens with zero attached hydrogens (tertiary/aromatic N) is 2. The van der Waals surface area contributed by atoms with Gasteiger partial charge in [-0.1, -0.05) is 24.2 Å². The van der Waals surface area contributed by atoms with Crippen LogP contribution in [0.3, 0.4) is 0 Å². The van der Waals surface area contributed by atoms with Crippen LogP contribution in [0.2, 0.25) is 0 Å². The third-order valence-corrected chi connectivity index (χ3v) is 0.981. The summed E-state index contributed by atoms with van der Waals surface area (Å²) in [7, 11) is 0. The van der Waals surface area contributed by atoms with E-state index in [1.807, 2.05) is 13.8 Å². The number of oxime groups is 2. The van der Waals surface area contributed by atoms with Crippen LogP contribution in [-0.2, 0) is 29.1 Å². The van der Waals surface area contributed by atoms with Crippen molar-refractivity contribution in [3.63, 3.8) is 0 Å². The molecule has 0 aromatic carbocycles. The Bertz CT molecular complexity index is 272. The third kappa shape index (κ3) is 126. The van der Waals surface area contributed by atoms with E-state index in [9.17, 15) is 0 Å². The number of carbonyl (C=O) groups excluding carboxylic acids is 2. The molecule has 0 spiro atoms. The monoisotopic (exact) mass is 358 g/mol. The van der Waals surface area contributed by atoms with E-state index >= 15 is 0 Å². The van der Waals surface area contributed by atoms with Crippen LogP contribution in [0.5, 0.6) is 0 Å². The number of carboxylic acids is 2. The summed E-state index contributed by atoms with van der Waals surface area (Å²) >= 11 is 0. The van der Waals surface area contributed by atoms with Crippen LogP contribution in [0.25, 0.3) is 0 Å². The Morgan fingerprint density at radius 3 is 1.05 bits per heavy atom. The van der Waals surface area contributed by atoms with Crippen LogP contribution >= 0.6 is 0 Å². The number of hydrogen-bond acceptors (Lipinski definition) is 8. The van der Waals surface area contributed by atoms with Crippen LogP contribution in [0.15, 0.2) is 10.3 Å². The summed E-state index contributed by atoms with van der Waals surface area (Å²) < 4.78 is 0. The maximum atomic E-state index is 8.89. The van der Waals surface area contributed by atoms with Gasteiger partial charge in [-0.3, -0.25) is 0 Å². The second-order valence-electron chi connectivity index (χ2n) is 2.87. The van der Waals surface area contributed by atoms with E-state index in [4.69, 9.17) is 41.7 Å². The van der Waals surface area contributed by atoms with Crippen molar-refractivity contribution in [2.24, 2.45) is 21.8 Å². The topological polar surface area (TPSA) is 197 Å². The molecular formula is C10H22N4O6Zn. The van der Waals surface area contributed by atoms with E-state index in [2.05, 4.69) is 10.3 Å². The first-order valence-corrected chi connectivity index (χ1v) is 5.36. The molecule has 0 fully saturated rings. The summed E-state index contributed by atoms with van der Waals surface area (Å²) in [6.07, 6.45) is 1.22. The van der Waals surface area contributed by atoms with Gasteiger partial charge in [0, 0.05) is 24.8 Å². The first-order chi connectivity index (χ1) is 9.08. The second kappa shape index (κ2) is 26.6. The molecule has 0 amide bonds. The molecule has 0 atom stereocenters. The fourth-order valence-electron chi connectivity index (χ4n) is 0.141. The fourth-order valence-corrected chi connectivity index (χ4v) is 0.141. The van der Waals surface area contributed by atoms with Crippen LogP contribution in [0.4, 0.5) is 0 Å². The van der Waals surface area contributed by atoms with Crippen molar-refractivity contribution in [1.82, 2.24) is 0 Å². The zero-order valence-electron chi connectivity index (χ0n) is 12.7. The summed E-state index contributed by atoms with van der Waals surface area (Å²) in [5.41, 5.74) is 9.94. The van der Waals surface area contributed by atoms with Crippen molar-refractivity contribution in [2.45, 2.75) is 40.5 Å². The summed E-state index contributed by atoms with van der Waals surface area (Å²) in [6, 6.07) is 0. The number of rotatable bonds is 2. The molecule has 0 aliphatic heterocycles. The number of aliphatic carboxylic acids is 2. The molecule has 6 N–H and O–H groups in total. The molecule has 0 aliphatic rings. The van der Waals surface area contributed by atoms with Crippen LogP contribution in [0.1, 0.15) is 40.5 Å². The maximum Gasteiger partial charge on any atom is 2.00 e. The van der Waals surface area contributed by atoms with Crippen LogP contribution in [-0.4, -0.2) is 34.0 Å². The number of amidine groups is 2. The molecule has 0 saturated carbocycles. The van der Waals surface area contributed by atoms with Gasteiger partial charge >= 0.3 is 19.5 Å². The summed E-state index contributed by atoms with van der Waals surface area (Å²) in [4.78, 5) is 17.8. The standard InChI is InChI=1S/2C3H8N2O.2C2H4O2.Zn/c2*1-2-3(4)5-6;2*1-2(3)4;/h2*6H,2H2,1H3,(H2,4,5);2*1H3,(H,3,4);/q;;;;+2/p-2. The van der Waals surface area contributed by atoms with E-state index in [-0.39, 0.29) is 31.1 Å². The van der Waals surface area contributed by atoms with Crippen LogP contribution < -0.4 is 21.7 Å². The van der Waals surface area contributed by atoms with E-state index in [1.54, 1.807) is 0 Å². The Balaban J connectivity index is -0.0000000544. The Kier molecular flexibility index (Phi) is 39.9. The predicted octanol–water partition coefficient (Wildman–Crippen LogP) is -2.20. The van der Waals surface area contributed by atoms with Gasteiger partial charge in [-0.15, -0.1) is 0 Å². The normalized spacial score (nSPS) is 9.14. The SMILES string of the molecule is CC(=O)[O-].CC(=O)[O-].CC/C(N)=N/O.CC/C(N)=N/O.[Zn+2]. The molecule has 10 nitrogen and oxygen atoms in total. The molecule has 21 heavy (non-hydrogen) atoms. The Hall–Kier alpha value is -1.90. The number of carbonyl (C=O) groups is 2. The first kappa shape index (κ1) is 31.5. The van der Waals surface area contributed by atoms with Gasteiger partial charge in [0.2, 0.25) is 0 Å². The predicted molar refractivity (Wildman–Crippen MR) is 68.8 cm³/mol. The Morgan fingerprint density at radius 1 is 0.905 bits per heavy atom. The van der Waals surface area contributed by atoms with Gasteiger partial charge in [0.15, 0.2) is 0 Å². The van der Waals surface area contributed by atoms with E-state index in [0.29, 0.717) is 12.8 Å². The van der Waals surface area contributed by atoms with Gasteiger partial charge in [0.25, 0.3) is 0 Å². The maximum absolute atomic E-state index is 8.89. The molecule has 120 valence electrons. The molecular weight excluding hydrogens is 338 g/mol. The number of hydrogen-bond donors (Lipinski definition) is 4. The van der Waals surface area contributed by atoms with E-state index < -0.39 is 11.9 Å². The zero-order valence-corrected chi connectivity index (χ0v) is 15.7. The van der Waals surface area contributed by atoms with Crippen molar-refractivity contribution in [1.29, 1.82) is 0 Å². The smallest absolute Gasteiger partial charge is 0.550 e. The summed E-state index contributed by atoms with van der Waals surface area (Å²) in [5.74, 6) is -1.62. The van der Waals surface area contributed by atoms with Crippen molar-refractivity contribution in [3.8, 4) is 0 Å². The van der Waals surface area contributed by atoms with Gasteiger partial charge < -0.3 is 41.7 Å². The first-order valence-electron chi connectivity index (χ1n) is 5.36. The largest absolute Gasteiger partial charge is 2.00 e. The van der Waals surface area contributed by atoms with Crippen molar-refractivity contribution in [2.75, 3.05) is 0 Å². The molecule has 0 aromatic rings. The van der Waals surface area contributed by atoms with Gasteiger partial charge in [0.05, 0.1) is 0 Å². The average molecular weight is 360 g/mol. The molecule has 0 rings (SSSR count). The minimum absolute atomic E-state index is 0. The van der Waals surface area contributed by atoms with Gasteiger partial charge in [0.1, 0.15) is 11.7 Å². The zero-order chi connectivity index (χ0) is 17.1. The van der Waals surface area contributed by atoms with Gasteiger partial charge in [-0.2, -0.15) is 0 Å². The Morgan fingerprint density at radius 2 is 1.05 bits per heavy atom. The van der Waals surface area contributed by atoms with Crippen molar-refractivity contribution >= 4 is 23.6 Å². The van der Waals surface area contributed by atoms with E-state index in [1.165, 1.54) is 0 Å². The van der Waals surface area contributed by atoms with Crippen molar-refractivity contribution in [3.05, 3.63) is 0 Å². The quantitative estimate of drug-likeness (QED) is 0.140. The van der Waals surface area contributed by atoms with E-state index in [0.717, 1.165) is 13.8 Å². The molecule has 11 heteroatoms. The number of carboxylic acid groups (broad SMARTS) is 2. The van der Waals surface area contributed by atoms with Crippen LogP contribution in [0, 0.1) is 0 Å².